The topological polar surface area (TPSA) is 56.7 Å². The van der Waals surface area contributed by atoms with Gasteiger partial charge in [0.05, 0.1) is 0 Å². The Morgan fingerprint density at radius 3 is 3.06 bits per heavy atom. The SMILES string of the molecule is Nc1cccc(-c2nc3n(n2)CCCC3F)c1. The van der Waals surface area contributed by atoms with Gasteiger partial charge < -0.3 is 5.73 Å². The molecule has 2 aromatic rings. The molecule has 1 atom stereocenters. The average Bonchev–Trinajstić information content (AvgIpc) is 2.74. The summed E-state index contributed by atoms with van der Waals surface area (Å²) < 4.78 is 15.3. The van der Waals surface area contributed by atoms with Gasteiger partial charge in [-0.15, -0.1) is 0 Å². The van der Waals surface area contributed by atoms with Crippen molar-refractivity contribution >= 4 is 5.69 Å². The number of halogens is 1. The quantitative estimate of drug-likeness (QED) is 0.768. The number of fused-ring (bicyclic) bond motifs is 1. The number of rotatable bonds is 1. The number of nitrogen functional groups attached to an aromatic ring is 1. The van der Waals surface area contributed by atoms with Crippen LogP contribution in [-0.4, -0.2) is 14.8 Å². The Kier molecular flexibility index (Phi) is 2.31. The van der Waals surface area contributed by atoms with E-state index >= 15 is 0 Å². The van der Waals surface area contributed by atoms with Gasteiger partial charge in [-0.05, 0) is 25.0 Å². The molecule has 88 valence electrons. The number of aromatic nitrogens is 3. The fraction of sp³-hybridized carbons (Fsp3) is 0.333. The summed E-state index contributed by atoms with van der Waals surface area (Å²) in [6, 6.07) is 7.33. The summed E-state index contributed by atoms with van der Waals surface area (Å²) in [5, 5.41) is 4.32. The van der Waals surface area contributed by atoms with Crippen LogP contribution >= 0.6 is 0 Å². The Balaban J connectivity index is 2.05. The van der Waals surface area contributed by atoms with Crippen LogP contribution in [0.4, 0.5) is 10.1 Å². The number of anilines is 1. The van der Waals surface area contributed by atoms with Crippen LogP contribution in [0.3, 0.4) is 0 Å². The molecule has 3 rings (SSSR count). The zero-order valence-corrected chi connectivity index (χ0v) is 9.31. The minimum atomic E-state index is -0.994. The molecule has 2 N–H and O–H groups in total. The van der Waals surface area contributed by atoms with Gasteiger partial charge >= 0.3 is 0 Å². The van der Waals surface area contributed by atoms with Gasteiger partial charge in [0.25, 0.3) is 0 Å². The molecule has 0 saturated heterocycles. The minimum absolute atomic E-state index is 0.439. The monoisotopic (exact) mass is 232 g/mol. The Morgan fingerprint density at radius 2 is 2.29 bits per heavy atom. The second kappa shape index (κ2) is 3.84. The number of nitrogens with zero attached hydrogens (tertiary/aromatic N) is 3. The molecule has 0 fully saturated rings. The fourth-order valence-electron chi connectivity index (χ4n) is 2.10. The fourth-order valence-corrected chi connectivity index (χ4v) is 2.10. The van der Waals surface area contributed by atoms with Gasteiger partial charge in [0, 0.05) is 17.8 Å². The van der Waals surface area contributed by atoms with Crippen molar-refractivity contribution in [3.63, 3.8) is 0 Å². The normalized spacial score (nSPS) is 19.0. The first kappa shape index (κ1) is 10.3. The van der Waals surface area contributed by atoms with E-state index < -0.39 is 6.17 Å². The first-order valence-corrected chi connectivity index (χ1v) is 5.69. The second-order valence-corrected chi connectivity index (χ2v) is 4.25. The molecule has 1 aromatic heterocycles. The van der Waals surface area contributed by atoms with Crippen LogP contribution in [-0.2, 0) is 6.54 Å². The largest absolute Gasteiger partial charge is 0.399 e. The van der Waals surface area contributed by atoms with E-state index in [9.17, 15) is 4.39 Å². The molecule has 4 nitrogen and oxygen atoms in total. The molecule has 1 aromatic carbocycles. The van der Waals surface area contributed by atoms with Gasteiger partial charge in [0.1, 0.15) is 0 Å². The second-order valence-electron chi connectivity index (χ2n) is 4.25. The molecule has 0 aliphatic carbocycles. The van der Waals surface area contributed by atoms with Crippen LogP contribution in [0.15, 0.2) is 24.3 Å². The predicted molar refractivity (Wildman–Crippen MR) is 63.0 cm³/mol. The van der Waals surface area contributed by atoms with Crippen LogP contribution in [0.2, 0.25) is 0 Å². The number of hydrogen-bond donors (Lipinski definition) is 1. The van der Waals surface area contributed by atoms with Crippen molar-refractivity contribution in [3.8, 4) is 11.4 Å². The molecule has 1 aliphatic rings. The lowest BCUT2D eigenvalue weighted by molar-refractivity contribution is 0.252. The summed E-state index contributed by atoms with van der Waals surface area (Å²) in [6.45, 7) is 0.741. The summed E-state index contributed by atoms with van der Waals surface area (Å²) in [5.74, 6) is 0.991. The lowest BCUT2D eigenvalue weighted by atomic mass is 10.1. The summed E-state index contributed by atoms with van der Waals surface area (Å²) in [7, 11) is 0. The zero-order valence-electron chi connectivity index (χ0n) is 9.31. The first-order valence-electron chi connectivity index (χ1n) is 5.69. The highest BCUT2D eigenvalue weighted by Gasteiger charge is 2.23. The van der Waals surface area contributed by atoms with Gasteiger partial charge in [0.2, 0.25) is 0 Å². The van der Waals surface area contributed by atoms with Crippen molar-refractivity contribution in [3.05, 3.63) is 30.1 Å². The number of nitrogens with two attached hydrogens (primary N) is 1. The Labute approximate surface area is 98.3 Å². The Morgan fingerprint density at radius 1 is 1.41 bits per heavy atom. The molecule has 0 saturated carbocycles. The first-order chi connectivity index (χ1) is 8.24. The van der Waals surface area contributed by atoms with Crippen LogP contribution < -0.4 is 5.73 Å². The van der Waals surface area contributed by atoms with Gasteiger partial charge in [-0.3, -0.25) is 0 Å². The number of alkyl halides is 1. The standard InChI is InChI=1S/C12H13FN4/c13-10-5-2-6-17-12(10)15-11(16-17)8-3-1-4-9(14)7-8/h1,3-4,7,10H,2,5-6,14H2. The van der Waals surface area contributed by atoms with Crippen molar-refractivity contribution in [2.45, 2.75) is 25.6 Å². The highest BCUT2D eigenvalue weighted by molar-refractivity contribution is 5.60. The van der Waals surface area contributed by atoms with Crippen molar-refractivity contribution < 1.29 is 4.39 Å². The van der Waals surface area contributed by atoms with E-state index in [4.69, 9.17) is 5.73 Å². The third-order valence-electron chi connectivity index (χ3n) is 2.95. The average molecular weight is 232 g/mol. The number of hydrogen-bond acceptors (Lipinski definition) is 3. The highest BCUT2D eigenvalue weighted by atomic mass is 19.1. The zero-order chi connectivity index (χ0) is 11.8. The maximum absolute atomic E-state index is 13.6. The predicted octanol–water partition coefficient (Wildman–Crippen LogP) is 2.33. The molecule has 2 heterocycles. The van der Waals surface area contributed by atoms with Crippen molar-refractivity contribution in [2.75, 3.05) is 5.73 Å². The van der Waals surface area contributed by atoms with Gasteiger partial charge in [0.15, 0.2) is 17.8 Å². The van der Waals surface area contributed by atoms with Crippen molar-refractivity contribution in [1.82, 2.24) is 14.8 Å². The van der Waals surface area contributed by atoms with E-state index in [-0.39, 0.29) is 0 Å². The summed E-state index contributed by atoms with van der Waals surface area (Å²) in [4.78, 5) is 4.26. The molecule has 0 radical (unpaired) electrons. The van der Waals surface area contributed by atoms with E-state index in [0.717, 1.165) is 18.5 Å². The van der Waals surface area contributed by atoms with Crippen LogP contribution in [0, 0.1) is 0 Å². The lowest BCUT2D eigenvalue weighted by Crippen LogP contribution is -2.14. The number of benzene rings is 1. The van der Waals surface area contributed by atoms with E-state index in [1.54, 1.807) is 16.8 Å². The molecule has 0 spiro atoms. The lowest BCUT2D eigenvalue weighted by Gasteiger charge is -2.14. The van der Waals surface area contributed by atoms with Crippen LogP contribution in [0.25, 0.3) is 11.4 Å². The third kappa shape index (κ3) is 1.77. The Hall–Kier alpha value is -1.91. The van der Waals surface area contributed by atoms with E-state index in [0.29, 0.717) is 23.8 Å². The summed E-state index contributed by atoms with van der Waals surface area (Å²) in [5.41, 5.74) is 7.20. The maximum atomic E-state index is 13.6. The molecule has 17 heavy (non-hydrogen) atoms. The summed E-state index contributed by atoms with van der Waals surface area (Å²) >= 11 is 0. The van der Waals surface area contributed by atoms with Gasteiger partial charge in [-0.25, -0.2) is 14.1 Å². The van der Waals surface area contributed by atoms with E-state index in [2.05, 4.69) is 10.1 Å². The highest BCUT2D eigenvalue weighted by Crippen LogP contribution is 2.28. The van der Waals surface area contributed by atoms with Gasteiger partial charge in [-0.2, -0.15) is 5.10 Å². The molecule has 1 aliphatic heterocycles. The molecule has 1 unspecified atom stereocenters. The molecule has 0 bridgehead atoms. The smallest absolute Gasteiger partial charge is 0.181 e. The van der Waals surface area contributed by atoms with Crippen LogP contribution in [0.5, 0.6) is 0 Å². The minimum Gasteiger partial charge on any atom is -0.399 e. The molecule has 5 heteroatoms. The molecule has 0 amide bonds. The maximum Gasteiger partial charge on any atom is 0.181 e. The van der Waals surface area contributed by atoms with E-state index in [1.165, 1.54) is 0 Å². The molecular weight excluding hydrogens is 219 g/mol. The third-order valence-corrected chi connectivity index (χ3v) is 2.95. The van der Waals surface area contributed by atoms with Crippen LogP contribution in [0.1, 0.15) is 24.8 Å². The Bertz CT molecular complexity index is 549. The number of aryl methyl sites for hydroxylation is 1. The van der Waals surface area contributed by atoms with Crippen molar-refractivity contribution in [2.24, 2.45) is 0 Å². The van der Waals surface area contributed by atoms with Gasteiger partial charge in [-0.1, -0.05) is 12.1 Å². The summed E-state index contributed by atoms with van der Waals surface area (Å²) in [6.07, 6.45) is 0.356. The molecular formula is C12H13FN4. The van der Waals surface area contributed by atoms with Crippen molar-refractivity contribution in [1.29, 1.82) is 0 Å². The van der Waals surface area contributed by atoms with E-state index in [1.807, 2.05) is 12.1 Å².